The van der Waals surface area contributed by atoms with Crippen LogP contribution in [0, 0.1) is 36.0 Å². The summed E-state index contributed by atoms with van der Waals surface area (Å²) in [7, 11) is -6.09. The second-order valence-electron chi connectivity index (χ2n) is 14.9. The van der Waals surface area contributed by atoms with Crippen molar-refractivity contribution >= 4 is 28.5 Å². The van der Waals surface area contributed by atoms with Crippen molar-refractivity contribution in [2.75, 3.05) is 6.54 Å². The van der Waals surface area contributed by atoms with Crippen LogP contribution in [0.25, 0.3) is 0 Å². The fourth-order valence-electron chi connectivity index (χ4n) is 10.2. The van der Waals surface area contributed by atoms with Gasteiger partial charge in [0.25, 0.3) is 0 Å². The molecule has 5 heteroatoms. The van der Waals surface area contributed by atoms with Crippen molar-refractivity contribution in [1.82, 2.24) is 4.31 Å². The van der Waals surface area contributed by atoms with Crippen LogP contribution in [0.15, 0.2) is 89.8 Å². The van der Waals surface area contributed by atoms with Crippen molar-refractivity contribution in [2.45, 2.75) is 81.8 Å². The second-order valence-corrected chi connectivity index (χ2v) is 21.7. The van der Waals surface area contributed by atoms with E-state index in [0.717, 1.165) is 23.4 Å². The standard InChI is InChI=1S/C36H45NO2SSi/c1-26-15-17-31(18-16-26)40(38,39)37-25-36(29-20-27-19-28(22-29)23-30(36)21-27)34(37)24-41(35(2,3)4,32-11-7-5-8-12-32)33-13-9-6-10-14-33/h5-18,27-30,34H,19-25H2,1-4H3/t27?,28?,29?,30?,34-,36?/m0/s1. The van der Waals surface area contributed by atoms with Gasteiger partial charge in [-0.3, -0.25) is 0 Å². The van der Waals surface area contributed by atoms with Crippen LogP contribution in [0.5, 0.6) is 0 Å². The van der Waals surface area contributed by atoms with E-state index in [2.05, 4.69) is 81.4 Å². The minimum atomic E-state index is -3.60. The van der Waals surface area contributed by atoms with Crippen molar-refractivity contribution in [3.8, 4) is 0 Å². The minimum Gasteiger partial charge on any atom is -0.207 e. The fourth-order valence-corrected chi connectivity index (χ4v) is 17.9. The molecule has 4 saturated carbocycles. The van der Waals surface area contributed by atoms with Crippen molar-refractivity contribution < 1.29 is 8.42 Å². The van der Waals surface area contributed by atoms with Crippen LogP contribution in [-0.2, 0) is 10.0 Å². The van der Waals surface area contributed by atoms with Crippen LogP contribution < -0.4 is 10.4 Å². The number of aryl methyl sites for hydroxylation is 1. The van der Waals surface area contributed by atoms with Crippen LogP contribution in [0.2, 0.25) is 11.1 Å². The molecule has 1 atom stereocenters. The lowest BCUT2D eigenvalue weighted by molar-refractivity contribution is -0.192. The highest BCUT2D eigenvalue weighted by molar-refractivity contribution is 7.89. The molecule has 0 unspecified atom stereocenters. The monoisotopic (exact) mass is 583 g/mol. The first-order valence-corrected chi connectivity index (χ1v) is 19.4. The van der Waals surface area contributed by atoms with Gasteiger partial charge in [0, 0.05) is 18.0 Å². The first kappa shape index (κ1) is 27.6. The summed E-state index contributed by atoms with van der Waals surface area (Å²) in [6.07, 6.45) is 6.64. The number of rotatable bonds is 6. The Morgan fingerprint density at radius 2 is 1.24 bits per heavy atom. The van der Waals surface area contributed by atoms with Crippen LogP contribution >= 0.6 is 0 Å². The zero-order chi connectivity index (χ0) is 28.6. The second kappa shape index (κ2) is 9.65. The lowest BCUT2D eigenvalue weighted by Crippen LogP contribution is -2.78. The van der Waals surface area contributed by atoms with E-state index in [1.54, 1.807) is 0 Å². The molecule has 3 nitrogen and oxygen atoms in total. The third-order valence-electron chi connectivity index (χ3n) is 12.0. The van der Waals surface area contributed by atoms with Gasteiger partial charge in [-0.1, -0.05) is 110 Å². The van der Waals surface area contributed by atoms with Gasteiger partial charge in [-0.15, -0.1) is 0 Å². The highest BCUT2D eigenvalue weighted by atomic mass is 32.2. The number of hydrogen-bond acceptors (Lipinski definition) is 2. The molecule has 8 rings (SSSR count). The Labute approximate surface area is 248 Å². The predicted octanol–water partition coefficient (Wildman–Crippen LogP) is 6.87. The highest BCUT2D eigenvalue weighted by Gasteiger charge is 2.70. The zero-order valence-corrected chi connectivity index (χ0v) is 26.9. The molecule has 1 aliphatic heterocycles. The molecular formula is C36H45NO2SSi. The van der Waals surface area contributed by atoms with Gasteiger partial charge in [-0.2, -0.15) is 4.31 Å². The lowest BCUT2D eigenvalue weighted by Gasteiger charge is -2.72. The minimum absolute atomic E-state index is 0.00229. The number of sulfonamides is 1. The van der Waals surface area contributed by atoms with E-state index in [4.69, 9.17) is 0 Å². The van der Waals surface area contributed by atoms with Crippen LogP contribution in [-0.4, -0.2) is 33.4 Å². The predicted molar refractivity (Wildman–Crippen MR) is 171 cm³/mol. The molecule has 1 saturated heterocycles. The van der Waals surface area contributed by atoms with Crippen molar-refractivity contribution in [3.63, 3.8) is 0 Å². The van der Waals surface area contributed by atoms with E-state index in [1.165, 1.54) is 42.5 Å². The molecule has 5 fully saturated rings. The van der Waals surface area contributed by atoms with Gasteiger partial charge >= 0.3 is 0 Å². The smallest absolute Gasteiger partial charge is 0.207 e. The molecule has 41 heavy (non-hydrogen) atoms. The largest absolute Gasteiger partial charge is 0.243 e. The van der Waals surface area contributed by atoms with Gasteiger partial charge in [0.05, 0.1) is 4.90 Å². The van der Waals surface area contributed by atoms with Crippen LogP contribution in [0.1, 0.15) is 58.4 Å². The molecule has 1 spiro atoms. The van der Waals surface area contributed by atoms with Gasteiger partial charge in [0.2, 0.25) is 10.0 Å². The SMILES string of the molecule is Cc1ccc(S(=O)(=O)N2CC3(C4CC5CC(C4)CC3C5)[C@@H]2C[Si](c2ccccc2)(c2ccccc2)C(C)(C)C)cc1. The fraction of sp³-hybridized carbons (Fsp3) is 0.500. The summed E-state index contributed by atoms with van der Waals surface area (Å²) in [6.45, 7) is 9.98. The van der Waals surface area contributed by atoms with Crippen LogP contribution in [0.4, 0.5) is 0 Å². The van der Waals surface area contributed by atoms with Crippen molar-refractivity contribution in [2.24, 2.45) is 29.1 Å². The molecule has 5 aliphatic rings. The van der Waals surface area contributed by atoms with E-state index in [9.17, 15) is 8.42 Å². The molecule has 0 radical (unpaired) electrons. The van der Waals surface area contributed by atoms with Gasteiger partial charge < -0.3 is 0 Å². The Morgan fingerprint density at radius 3 is 1.71 bits per heavy atom. The van der Waals surface area contributed by atoms with Crippen LogP contribution in [0.3, 0.4) is 0 Å². The van der Waals surface area contributed by atoms with Crippen molar-refractivity contribution in [3.05, 3.63) is 90.5 Å². The van der Waals surface area contributed by atoms with Gasteiger partial charge in [-0.25, -0.2) is 8.42 Å². The Kier molecular flexibility index (Phi) is 6.50. The summed E-state index contributed by atoms with van der Waals surface area (Å²) in [5.41, 5.74) is 1.20. The maximum absolute atomic E-state index is 14.5. The number of benzene rings is 3. The molecule has 0 N–H and O–H groups in total. The number of nitrogens with zero attached hydrogens (tertiary/aromatic N) is 1. The topological polar surface area (TPSA) is 37.4 Å². The Balaban J connectivity index is 1.41. The Morgan fingerprint density at radius 1 is 0.756 bits per heavy atom. The van der Waals surface area contributed by atoms with E-state index < -0.39 is 18.1 Å². The summed E-state index contributed by atoms with van der Waals surface area (Å²) in [6, 6.07) is 30.9. The molecule has 216 valence electrons. The van der Waals surface area contributed by atoms with Gasteiger partial charge in [-0.05, 0) is 85.9 Å². The first-order valence-electron chi connectivity index (χ1n) is 15.8. The molecule has 3 aromatic carbocycles. The third kappa shape index (κ3) is 4.09. The van der Waals surface area contributed by atoms with Gasteiger partial charge in [0.1, 0.15) is 8.07 Å². The normalized spacial score (nSPS) is 31.4. The maximum Gasteiger partial charge on any atom is 0.243 e. The van der Waals surface area contributed by atoms with E-state index in [-0.39, 0.29) is 16.5 Å². The Bertz CT molecular complexity index is 1440. The van der Waals surface area contributed by atoms with Crippen molar-refractivity contribution in [1.29, 1.82) is 0 Å². The lowest BCUT2D eigenvalue weighted by atomic mass is 9.41. The van der Waals surface area contributed by atoms with E-state index in [0.29, 0.717) is 23.3 Å². The highest BCUT2D eigenvalue weighted by Crippen LogP contribution is 2.69. The summed E-state index contributed by atoms with van der Waals surface area (Å²) in [4.78, 5) is 0.453. The summed E-state index contributed by atoms with van der Waals surface area (Å²) in [5, 5.41) is 2.85. The zero-order valence-electron chi connectivity index (χ0n) is 25.1. The molecule has 4 aliphatic carbocycles. The molecule has 1 heterocycles. The summed E-state index contributed by atoms with van der Waals surface area (Å²) >= 11 is 0. The quantitative estimate of drug-likeness (QED) is 0.297. The molecular weight excluding hydrogens is 539 g/mol. The number of hydrogen-bond donors (Lipinski definition) is 0. The molecule has 0 amide bonds. The summed E-state index contributed by atoms with van der Waals surface area (Å²) in [5.74, 6) is 3.04. The third-order valence-corrected chi connectivity index (χ3v) is 20.1. The molecule has 3 aromatic rings. The van der Waals surface area contributed by atoms with E-state index in [1.807, 2.05) is 35.5 Å². The van der Waals surface area contributed by atoms with E-state index >= 15 is 0 Å². The maximum atomic E-state index is 14.5. The molecule has 4 bridgehead atoms. The Hall–Kier alpha value is -2.21. The molecule has 0 aromatic heterocycles. The average Bonchev–Trinajstić information content (AvgIpc) is 2.93. The average molecular weight is 584 g/mol. The van der Waals surface area contributed by atoms with Gasteiger partial charge in [0.15, 0.2) is 0 Å². The first-order chi connectivity index (χ1) is 19.6. The summed E-state index contributed by atoms with van der Waals surface area (Å²) < 4.78 is 31.0.